The van der Waals surface area contributed by atoms with Gasteiger partial charge in [0.25, 0.3) is 0 Å². The highest BCUT2D eigenvalue weighted by atomic mass is 31.2. The molecule has 0 unspecified atom stereocenters. The first-order valence-corrected chi connectivity index (χ1v) is 15.5. The number of unbranched alkanes of at least 4 members (excludes halogenated alkanes) is 11. The van der Waals surface area contributed by atoms with Gasteiger partial charge in [0.1, 0.15) is 0 Å². The van der Waals surface area contributed by atoms with Gasteiger partial charge in [-0.3, -0.25) is 4.79 Å². The molecule has 208 valence electrons. The number of aromatic nitrogens is 1. The number of carbonyl (C=O) groups is 1. The lowest BCUT2D eigenvalue weighted by atomic mass is 10.0. The first-order valence-electron chi connectivity index (χ1n) is 14.0. The maximum absolute atomic E-state index is 12.5. The first kappa shape index (κ1) is 31.3. The van der Waals surface area contributed by atoms with E-state index in [1.54, 1.807) is 0 Å². The van der Waals surface area contributed by atoms with E-state index in [1.807, 2.05) is 30.5 Å². The van der Waals surface area contributed by atoms with Crippen molar-refractivity contribution >= 4 is 24.6 Å². The Hall–Kier alpha value is -1.92. The predicted octanol–water partition coefficient (Wildman–Crippen LogP) is 6.08. The summed E-state index contributed by atoms with van der Waals surface area (Å²) in [6.07, 6.45) is 22.7. The number of carbonyl (C=O) groups excluding carboxylic acids is 1. The average molecular weight is 533 g/mol. The third-order valence-corrected chi connectivity index (χ3v) is 7.07. The second-order valence-electron chi connectivity index (χ2n) is 9.91. The largest absolute Gasteiger partial charge is 0.790 e. The Morgan fingerprint density at radius 1 is 0.973 bits per heavy atom. The predicted molar refractivity (Wildman–Crippen MR) is 147 cm³/mol. The summed E-state index contributed by atoms with van der Waals surface area (Å²) in [5, 5.41) is 3.85. The van der Waals surface area contributed by atoms with Crippen LogP contribution in [0.1, 0.15) is 102 Å². The summed E-state index contributed by atoms with van der Waals surface area (Å²) in [6, 6.07) is 7.13. The van der Waals surface area contributed by atoms with Crippen molar-refractivity contribution in [2.24, 2.45) is 0 Å². The number of phosphoric acid groups is 1. The van der Waals surface area contributed by atoms with Crippen molar-refractivity contribution in [3.8, 4) is 0 Å². The van der Waals surface area contributed by atoms with Gasteiger partial charge in [-0.2, -0.15) is 0 Å². The molecule has 1 aromatic carbocycles. The number of para-hydroxylation sites is 1. The Kier molecular flexibility index (Phi) is 15.5. The lowest BCUT2D eigenvalue weighted by Crippen LogP contribution is -2.40. The molecule has 0 aliphatic rings. The van der Waals surface area contributed by atoms with E-state index in [-0.39, 0.29) is 12.5 Å². The number of nitrogens with one attached hydrogen (secondary N) is 2. The SMILES string of the molecule is CCCCCCCC/C=C\CCCCCCCC(=O)N[C@H](COP(=O)([O-])[O-])Cc1c[nH]c2ccccc12. The van der Waals surface area contributed by atoms with Crippen molar-refractivity contribution in [3.05, 3.63) is 48.2 Å². The summed E-state index contributed by atoms with van der Waals surface area (Å²) >= 11 is 0. The van der Waals surface area contributed by atoms with Crippen molar-refractivity contribution in [2.45, 2.75) is 109 Å². The summed E-state index contributed by atoms with van der Waals surface area (Å²) in [7, 11) is -5.12. The third-order valence-electron chi connectivity index (χ3n) is 6.61. The van der Waals surface area contributed by atoms with E-state index in [2.05, 4.69) is 33.9 Å². The molecular formula is C29H45N2O5P-2. The number of fused-ring (bicyclic) bond motifs is 1. The molecule has 0 aliphatic heterocycles. The number of hydrogen-bond acceptors (Lipinski definition) is 5. The fraction of sp³-hybridized carbons (Fsp3) is 0.621. The van der Waals surface area contributed by atoms with Gasteiger partial charge in [0.2, 0.25) is 5.91 Å². The van der Waals surface area contributed by atoms with E-state index in [0.717, 1.165) is 48.6 Å². The molecule has 7 nitrogen and oxygen atoms in total. The molecule has 1 heterocycles. The molecule has 0 fully saturated rings. The molecule has 8 heteroatoms. The summed E-state index contributed by atoms with van der Waals surface area (Å²) < 4.78 is 15.5. The van der Waals surface area contributed by atoms with Gasteiger partial charge in [0.05, 0.1) is 20.5 Å². The van der Waals surface area contributed by atoms with Gasteiger partial charge in [0, 0.05) is 23.5 Å². The minimum absolute atomic E-state index is 0.155. The zero-order chi connectivity index (χ0) is 26.8. The Labute approximate surface area is 222 Å². The molecule has 2 aromatic rings. The van der Waals surface area contributed by atoms with Gasteiger partial charge in [0.15, 0.2) is 0 Å². The standard InChI is InChI=1S/C29H47N2O5P/c1-2-3-4-5-6-7-8-9-10-11-12-13-14-15-16-21-29(32)31-26(24-36-37(33,34)35)22-25-23-30-28-20-18-17-19-27(25)28/h9-10,17-20,23,26,30H,2-8,11-16,21-22,24H2,1H3,(H,31,32)(H2,33,34,35)/p-2/b10-9-/t26-/m0/s1. The van der Waals surface area contributed by atoms with E-state index in [0.29, 0.717) is 12.8 Å². The summed E-state index contributed by atoms with van der Waals surface area (Å²) in [5.74, 6) is -0.155. The second kappa shape index (κ2) is 18.4. The second-order valence-corrected chi connectivity index (χ2v) is 11.1. The highest BCUT2D eigenvalue weighted by molar-refractivity contribution is 7.43. The minimum Gasteiger partial charge on any atom is -0.790 e. The monoisotopic (exact) mass is 532 g/mol. The van der Waals surface area contributed by atoms with Crippen LogP contribution < -0.4 is 15.1 Å². The Balaban J connectivity index is 1.60. The summed E-state index contributed by atoms with van der Waals surface area (Å²) in [5.41, 5.74) is 1.88. The Morgan fingerprint density at radius 2 is 1.59 bits per heavy atom. The Morgan fingerprint density at radius 3 is 2.27 bits per heavy atom. The molecule has 2 N–H and O–H groups in total. The van der Waals surface area contributed by atoms with Crippen LogP contribution >= 0.6 is 7.82 Å². The van der Waals surface area contributed by atoms with Crippen LogP contribution in [-0.2, 0) is 20.3 Å². The lowest BCUT2D eigenvalue weighted by Gasteiger charge is -2.31. The van der Waals surface area contributed by atoms with Crippen molar-refractivity contribution in [1.82, 2.24) is 10.3 Å². The van der Waals surface area contributed by atoms with E-state index in [9.17, 15) is 19.1 Å². The molecule has 1 atom stereocenters. The number of hydrogen-bond donors (Lipinski definition) is 2. The number of allylic oxidation sites excluding steroid dienone is 2. The molecular weight excluding hydrogens is 487 g/mol. The zero-order valence-corrected chi connectivity index (χ0v) is 23.3. The van der Waals surface area contributed by atoms with Crippen LogP contribution in [0.2, 0.25) is 0 Å². The quantitative estimate of drug-likeness (QED) is 0.115. The molecule has 2 rings (SSSR count). The van der Waals surface area contributed by atoms with E-state index in [1.165, 1.54) is 51.4 Å². The topological polar surface area (TPSA) is 117 Å². The molecule has 37 heavy (non-hydrogen) atoms. The van der Waals surface area contributed by atoms with Gasteiger partial charge in [-0.15, -0.1) is 0 Å². The van der Waals surface area contributed by atoms with Crippen LogP contribution in [-0.4, -0.2) is 23.5 Å². The molecule has 0 radical (unpaired) electrons. The minimum atomic E-state index is -5.12. The van der Waals surface area contributed by atoms with Crippen LogP contribution in [0.4, 0.5) is 0 Å². The number of benzene rings is 1. The van der Waals surface area contributed by atoms with Crippen LogP contribution in [0.25, 0.3) is 10.9 Å². The molecule has 0 bridgehead atoms. The first-order chi connectivity index (χ1) is 17.9. The highest BCUT2D eigenvalue weighted by Gasteiger charge is 2.16. The zero-order valence-electron chi connectivity index (χ0n) is 22.4. The number of phosphoric ester groups is 1. The smallest absolute Gasteiger partial charge is 0.220 e. The third kappa shape index (κ3) is 14.6. The van der Waals surface area contributed by atoms with Crippen molar-refractivity contribution < 1.29 is 23.7 Å². The van der Waals surface area contributed by atoms with Crippen LogP contribution in [0.3, 0.4) is 0 Å². The number of amides is 1. The van der Waals surface area contributed by atoms with Gasteiger partial charge >= 0.3 is 0 Å². The van der Waals surface area contributed by atoms with Crippen molar-refractivity contribution in [3.63, 3.8) is 0 Å². The average Bonchev–Trinajstić information content (AvgIpc) is 3.27. The fourth-order valence-corrected chi connectivity index (χ4v) is 4.92. The number of aromatic amines is 1. The molecule has 1 amide bonds. The summed E-state index contributed by atoms with van der Waals surface area (Å²) in [4.78, 5) is 37.6. The molecule has 0 saturated carbocycles. The van der Waals surface area contributed by atoms with Gasteiger partial charge in [-0.1, -0.05) is 88.6 Å². The molecule has 0 saturated heterocycles. The normalized spacial score (nSPS) is 12.9. The van der Waals surface area contributed by atoms with Crippen LogP contribution in [0.5, 0.6) is 0 Å². The van der Waals surface area contributed by atoms with E-state index >= 15 is 0 Å². The van der Waals surface area contributed by atoms with Crippen molar-refractivity contribution in [2.75, 3.05) is 6.61 Å². The Bertz CT molecular complexity index is 968. The number of rotatable bonds is 21. The fourth-order valence-electron chi connectivity index (χ4n) is 4.55. The van der Waals surface area contributed by atoms with E-state index in [4.69, 9.17) is 0 Å². The highest BCUT2D eigenvalue weighted by Crippen LogP contribution is 2.26. The summed E-state index contributed by atoms with van der Waals surface area (Å²) in [6.45, 7) is 1.87. The van der Waals surface area contributed by atoms with Crippen molar-refractivity contribution in [1.29, 1.82) is 0 Å². The van der Waals surface area contributed by atoms with Crippen LogP contribution in [0.15, 0.2) is 42.6 Å². The van der Waals surface area contributed by atoms with Gasteiger partial charge in [-0.25, -0.2) is 0 Å². The molecule has 0 aliphatic carbocycles. The molecule has 0 spiro atoms. The maximum atomic E-state index is 12.5. The van der Waals surface area contributed by atoms with Gasteiger partial charge in [-0.05, 0) is 50.2 Å². The number of H-pyrrole nitrogens is 1. The van der Waals surface area contributed by atoms with Gasteiger partial charge < -0.3 is 29.2 Å². The maximum Gasteiger partial charge on any atom is 0.220 e. The van der Waals surface area contributed by atoms with E-state index < -0.39 is 13.9 Å². The molecule has 1 aromatic heterocycles. The van der Waals surface area contributed by atoms with Crippen LogP contribution in [0, 0.1) is 0 Å². The lowest BCUT2D eigenvalue weighted by molar-refractivity contribution is -0.342.